The Hall–Kier alpha value is -0.610. The lowest BCUT2D eigenvalue weighted by Gasteiger charge is -2.21. The van der Waals surface area contributed by atoms with Crippen LogP contribution in [-0.4, -0.2) is 23.5 Å². The van der Waals surface area contributed by atoms with Crippen molar-refractivity contribution in [1.82, 2.24) is 0 Å². The zero-order chi connectivity index (χ0) is 13.9. The first kappa shape index (κ1) is 14.5. The van der Waals surface area contributed by atoms with Gasteiger partial charge in [0.1, 0.15) is 10.5 Å². The molecular formula is C6F10S. The van der Waals surface area contributed by atoms with Gasteiger partial charge in [-0.2, -0.15) is 43.9 Å². The van der Waals surface area contributed by atoms with Gasteiger partial charge in [0.2, 0.25) is 0 Å². The van der Waals surface area contributed by atoms with Crippen molar-refractivity contribution in [1.29, 1.82) is 0 Å². The highest BCUT2D eigenvalue weighted by Crippen LogP contribution is 2.64. The molecule has 0 saturated heterocycles. The number of hydrogen-bond acceptors (Lipinski definition) is 1. The molecule has 0 saturated carbocycles. The zero-order valence-corrected chi connectivity index (χ0v) is 8.00. The van der Waals surface area contributed by atoms with E-state index in [1.165, 1.54) is 0 Å². The summed E-state index contributed by atoms with van der Waals surface area (Å²) in [6.07, 6.45) is -12.1. The van der Waals surface area contributed by atoms with E-state index in [1.54, 1.807) is 0 Å². The molecule has 0 atom stereocenters. The number of allylic oxidation sites excluding steroid dienone is 2. The molecule has 1 aliphatic rings. The van der Waals surface area contributed by atoms with Gasteiger partial charge in [-0.15, -0.1) is 0 Å². The Balaban J connectivity index is 3.49. The van der Waals surface area contributed by atoms with Gasteiger partial charge in [-0.1, -0.05) is 0 Å². The molecule has 11 heteroatoms. The van der Waals surface area contributed by atoms with Crippen molar-refractivity contribution in [2.24, 2.45) is 0 Å². The van der Waals surface area contributed by atoms with E-state index in [0.717, 1.165) is 0 Å². The maximum absolute atomic E-state index is 12.6. The maximum atomic E-state index is 12.6. The van der Waals surface area contributed by atoms with E-state index >= 15 is 0 Å². The Bertz CT molecular complexity index is 358. The lowest BCUT2D eigenvalue weighted by molar-refractivity contribution is -0.179. The Kier molecular flexibility index (Phi) is 2.93. The third kappa shape index (κ3) is 2.20. The summed E-state index contributed by atoms with van der Waals surface area (Å²) in [4.78, 5) is -3.01. The topological polar surface area (TPSA) is 0 Å². The van der Waals surface area contributed by atoms with Crippen LogP contribution in [0.15, 0.2) is 10.5 Å². The molecule has 0 bridgehead atoms. The van der Waals surface area contributed by atoms with E-state index in [9.17, 15) is 43.9 Å². The van der Waals surface area contributed by atoms with Gasteiger partial charge in [0, 0.05) is 0 Å². The average molecular weight is 294 g/mol. The lowest BCUT2D eigenvalue weighted by Crippen LogP contribution is -2.40. The van der Waals surface area contributed by atoms with Gasteiger partial charge in [-0.05, 0) is 11.8 Å². The Morgan fingerprint density at radius 1 is 0.765 bits per heavy atom. The van der Waals surface area contributed by atoms with Crippen molar-refractivity contribution >= 4 is 11.8 Å². The Morgan fingerprint density at radius 3 is 1.41 bits per heavy atom. The van der Waals surface area contributed by atoms with Crippen molar-refractivity contribution < 1.29 is 43.9 Å². The van der Waals surface area contributed by atoms with Gasteiger partial charge in [0.05, 0.1) is 0 Å². The number of thioether (sulfide) groups is 1. The lowest BCUT2D eigenvalue weighted by atomic mass is 10.1. The second-order valence-electron chi connectivity index (χ2n) is 2.89. The van der Waals surface area contributed by atoms with Gasteiger partial charge in [0.25, 0.3) is 0 Å². The summed E-state index contributed by atoms with van der Waals surface area (Å²) in [6.45, 7) is 0. The van der Waals surface area contributed by atoms with Crippen molar-refractivity contribution in [3.63, 3.8) is 0 Å². The molecule has 0 amide bonds. The smallest absolute Gasteiger partial charge is 0.193 e. The molecule has 1 aliphatic heterocycles. The van der Waals surface area contributed by atoms with Gasteiger partial charge < -0.3 is 0 Å². The van der Waals surface area contributed by atoms with Crippen molar-refractivity contribution in [3.8, 4) is 0 Å². The minimum Gasteiger partial charge on any atom is -0.193 e. The molecule has 0 radical (unpaired) electrons. The highest BCUT2D eigenvalue weighted by molar-refractivity contribution is 8.04. The summed E-state index contributed by atoms with van der Waals surface area (Å²) in [5, 5.41) is -5.48. The van der Waals surface area contributed by atoms with Crippen LogP contribution < -0.4 is 0 Å². The molecule has 100 valence electrons. The third-order valence-electron chi connectivity index (χ3n) is 1.68. The van der Waals surface area contributed by atoms with Crippen LogP contribution in [0.2, 0.25) is 0 Å². The molecular weight excluding hydrogens is 294 g/mol. The SMILES string of the molecule is FC(F)(F)C1=C(C(F)(F)F)C(F)(F)C(F)(F)S1. The molecule has 0 aliphatic carbocycles. The van der Waals surface area contributed by atoms with Gasteiger partial charge in [-0.3, -0.25) is 0 Å². The minimum atomic E-state index is -6.19. The van der Waals surface area contributed by atoms with E-state index in [1.807, 2.05) is 0 Å². The van der Waals surface area contributed by atoms with Crippen LogP contribution in [-0.2, 0) is 0 Å². The summed E-state index contributed by atoms with van der Waals surface area (Å²) in [5.74, 6) is -5.92. The summed E-state index contributed by atoms with van der Waals surface area (Å²) in [5.41, 5.74) is -3.55. The first-order valence-electron chi connectivity index (χ1n) is 3.55. The van der Waals surface area contributed by atoms with Crippen LogP contribution in [0, 0.1) is 0 Å². The fourth-order valence-corrected chi connectivity index (χ4v) is 1.99. The van der Waals surface area contributed by atoms with E-state index in [2.05, 4.69) is 0 Å². The number of halogens is 10. The van der Waals surface area contributed by atoms with E-state index in [-0.39, 0.29) is 0 Å². The predicted octanol–water partition coefficient (Wildman–Crippen LogP) is 4.34. The molecule has 17 heavy (non-hydrogen) atoms. The van der Waals surface area contributed by atoms with Crippen LogP contribution in [0.5, 0.6) is 0 Å². The summed E-state index contributed by atoms with van der Waals surface area (Å²) >= 11 is -1.83. The molecule has 1 heterocycles. The summed E-state index contributed by atoms with van der Waals surface area (Å²) in [6, 6.07) is 0. The minimum absolute atomic E-state index is 1.83. The molecule has 0 aromatic heterocycles. The normalized spacial score (nSPS) is 24.4. The Morgan fingerprint density at radius 2 is 1.18 bits per heavy atom. The fourth-order valence-electron chi connectivity index (χ4n) is 1.04. The van der Waals surface area contributed by atoms with E-state index < -0.39 is 45.8 Å². The van der Waals surface area contributed by atoms with Crippen LogP contribution in [0.3, 0.4) is 0 Å². The molecule has 0 unspecified atom stereocenters. The van der Waals surface area contributed by atoms with Gasteiger partial charge in [-0.25, -0.2) is 0 Å². The molecule has 1 rings (SSSR count). The highest BCUT2D eigenvalue weighted by Gasteiger charge is 2.74. The largest absolute Gasteiger partial charge is 0.422 e. The fraction of sp³-hybridized carbons (Fsp3) is 0.667. The van der Waals surface area contributed by atoms with Gasteiger partial charge >= 0.3 is 23.5 Å². The average Bonchev–Trinajstić information content (AvgIpc) is 2.15. The van der Waals surface area contributed by atoms with Crippen LogP contribution in [0.4, 0.5) is 43.9 Å². The zero-order valence-electron chi connectivity index (χ0n) is 7.19. The second-order valence-corrected chi connectivity index (χ2v) is 4.02. The Labute approximate surface area is 90.6 Å². The third-order valence-corrected chi connectivity index (χ3v) is 2.83. The highest BCUT2D eigenvalue weighted by atomic mass is 32.2. The maximum Gasteiger partial charge on any atom is 0.422 e. The first-order valence-corrected chi connectivity index (χ1v) is 4.36. The van der Waals surface area contributed by atoms with Crippen LogP contribution >= 0.6 is 11.8 Å². The van der Waals surface area contributed by atoms with Gasteiger partial charge in [0.15, 0.2) is 0 Å². The van der Waals surface area contributed by atoms with E-state index in [0.29, 0.717) is 0 Å². The van der Waals surface area contributed by atoms with Crippen molar-refractivity contribution in [2.45, 2.75) is 23.5 Å². The molecule has 0 aromatic carbocycles. The number of hydrogen-bond donors (Lipinski definition) is 0. The first-order chi connectivity index (χ1) is 7.21. The molecule has 0 aromatic rings. The molecule has 0 nitrogen and oxygen atoms in total. The number of alkyl halides is 10. The second kappa shape index (κ2) is 3.45. The summed E-state index contributed by atoms with van der Waals surface area (Å²) in [7, 11) is 0. The monoisotopic (exact) mass is 294 g/mol. The van der Waals surface area contributed by atoms with Crippen molar-refractivity contribution in [3.05, 3.63) is 10.5 Å². The van der Waals surface area contributed by atoms with Crippen LogP contribution in [0.25, 0.3) is 0 Å². The van der Waals surface area contributed by atoms with Crippen LogP contribution in [0.1, 0.15) is 0 Å². The number of rotatable bonds is 0. The molecule has 0 N–H and O–H groups in total. The summed E-state index contributed by atoms with van der Waals surface area (Å²) < 4.78 is 122. The van der Waals surface area contributed by atoms with E-state index in [4.69, 9.17) is 0 Å². The van der Waals surface area contributed by atoms with Crippen molar-refractivity contribution in [2.75, 3.05) is 0 Å². The standard InChI is InChI=1S/C6F10S/c7-3(8)1(4(9,10)11)2(5(12,13)14)17-6(3,15)16. The predicted molar refractivity (Wildman–Crippen MR) is 36.6 cm³/mol. The molecule has 0 fully saturated rings. The molecule has 0 spiro atoms. The quantitative estimate of drug-likeness (QED) is 0.599.